The van der Waals surface area contributed by atoms with Gasteiger partial charge in [-0.15, -0.1) is 0 Å². The van der Waals surface area contributed by atoms with Crippen LogP contribution in [-0.2, 0) is 9.53 Å². The third-order valence-electron chi connectivity index (χ3n) is 2.50. The van der Waals surface area contributed by atoms with Crippen LogP contribution in [-0.4, -0.2) is 46.9 Å². The highest BCUT2D eigenvalue weighted by atomic mass is 16.6. The fraction of sp³-hybridized carbons (Fsp3) is 0.818. The number of piperidine rings is 1. The standard InChI is InChI=1S/C11H20N2O4/c1-11(2,3)17-10(16)12-7-5-6-8(14)13(4)9(7)15/h7-8,14H,5-6H2,1-4H3,(H,12,16). The van der Waals surface area contributed by atoms with E-state index in [1.165, 1.54) is 11.9 Å². The van der Waals surface area contributed by atoms with Crippen LogP contribution in [0.15, 0.2) is 0 Å². The first-order chi connectivity index (χ1) is 7.70. The molecule has 2 amide bonds. The molecule has 1 heterocycles. The summed E-state index contributed by atoms with van der Waals surface area (Å²) in [6.45, 7) is 5.27. The van der Waals surface area contributed by atoms with E-state index < -0.39 is 24.0 Å². The summed E-state index contributed by atoms with van der Waals surface area (Å²) in [6.07, 6.45) is -0.508. The molecule has 0 aromatic carbocycles. The Morgan fingerprint density at radius 2 is 2.06 bits per heavy atom. The average Bonchev–Trinajstić information content (AvgIpc) is 2.16. The number of likely N-dealkylation sites (N-methyl/N-ethyl adjacent to an activating group) is 1. The molecule has 2 N–H and O–H groups in total. The van der Waals surface area contributed by atoms with Gasteiger partial charge in [0.1, 0.15) is 17.9 Å². The highest BCUT2D eigenvalue weighted by Crippen LogP contribution is 2.15. The molecule has 1 saturated heterocycles. The van der Waals surface area contributed by atoms with Gasteiger partial charge in [-0.05, 0) is 33.6 Å². The molecule has 1 fully saturated rings. The van der Waals surface area contributed by atoms with Crippen LogP contribution in [0.2, 0.25) is 0 Å². The van der Waals surface area contributed by atoms with Crippen LogP contribution in [0.3, 0.4) is 0 Å². The molecule has 1 rings (SSSR count). The summed E-state index contributed by atoms with van der Waals surface area (Å²) in [5.74, 6) is -0.297. The van der Waals surface area contributed by atoms with Crippen LogP contribution in [0.4, 0.5) is 4.79 Å². The number of ether oxygens (including phenoxy) is 1. The molecule has 2 unspecified atom stereocenters. The van der Waals surface area contributed by atoms with Crippen molar-refractivity contribution in [1.29, 1.82) is 0 Å². The number of nitrogens with one attached hydrogen (secondary N) is 1. The Kier molecular flexibility index (Phi) is 3.98. The number of aliphatic hydroxyl groups is 1. The number of nitrogens with zero attached hydrogens (tertiary/aromatic N) is 1. The van der Waals surface area contributed by atoms with E-state index in [9.17, 15) is 14.7 Å². The predicted molar refractivity (Wildman–Crippen MR) is 61.2 cm³/mol. The first kappa shape index (κ1) is 13.8. The Morgan fingerprint density at radius 3 is 2.59 bits per heavy atom. The van der Waals surface area contributed by atoms with Gasteiger partial charge in [-0.1, -0.05) is 0 Å². The lowest BCUT2D eigenvalue weighted by Crippen LogP contribution is -2.55. The molecule has 0 aromatic rings. The molecule has 2 atom stereocenters. The fourth-order valence-corrected chi connectivity index (χ4v) is 1.61. The maximum absolute atomic E-state index is 11.7. The van der Waals surface area contributed by atoms with Crippen molar-refractivity contribution >= 4 is 12.0 Å². The van der Waals surface area contributed by atoms with E-state index in [1.54, 1.807) is 20.8 Å². The Bertz CT molecular complexity index is 311. The summed E-state index contributed by atoms with van der Waals surface area (Å²) in [5.41, 5.74) is -0.590. The summed E-state index contributed by atoms with van der Waals surface area (Å²) in [7, 11) is 1.51. The fourth-order valence-electron chi connectivity index (χ4n) is 1.61. The minimum Gasteiger partial charge on any atom is -0.444 e. The van der Waals surface area contributed by atoms with Crippen LogP contribution >= 0.6 is 0 Å². The lowest BCUT2D eigenvalue weighted by atomic mass is 10.0. The zero-order chi connectivity index (χ0) is 13.2. The zero-order valence-corrected chi connectivity index (χ0v) is 10.7. The summed E-state index contributed by atoms with van der Waals surface area (Å²) in [6, 6.07) is -0.613. The van der Waals surface area contributed by atoms with Crippen molar-refractivity contribution in [3.8, 4) is 0 Å². The van der Waals surface area contributed by atoms with Gasteiger partial charge in [-0.25, -0.2) is 4.79 Å². The number of hydrogen-bond donors (Lipinski definition) is 2. The van der Waals surface area contributed by atoms with E-state index in [2.05, 4.69) is 5.32 Å². The molecule has 0 spiro atoms. The highest BCUT2D eigenvalue weighted by Gasteiger charge is 2.33. The van der Waals surface area contributed by atoms with Crippen molar-refractivity contribution in [2.75, 3.05) is 7.05 Å². The predicted octanol–water partition coefficient (Wildman–Crippen LogP) is 0.450. The maximum atomic E-state index is 11.7. The van der Waals surface area contributed by atoms with Gasteiger partial charge in [-0.2, -0.15) is 0 Å². The number of hydrogen-bond acceptors (Lipinski definition) is 4. The van der Waals surface area contributed by atoms with E-state index >= 15 is 0 Å². The van der Waals surface area contributed by atoms with E-state index in [0.29, 0.717) is 12.8 Å². The molecule has 1 aliphatic rings. The zero-order valence-electron chi connectivity index (χ0n) is 10.7. The topological polar surface area (TPSA) is 78.9 Å². The van der Waals surface area contributed by atoms with Crippen molar-refractivity contribution in [2.45, 2.75) is 51.5 Å². The number of aliphatic hydroxyl groups excluding tert-OH is 1. The van der Waals surface area contributed by atoms with Gasteiger partial charge in [0.2, 0.25) is 5.91 Å². The van der Waals surface area contributed by atoms with Gasteiger partial charge in [0, 0.05) is 7.05 Å². The van der Waals surface area contributed by atoms with Crippen LogP contribution in [0.25, 0.3) is 0 Å². The number of amides is 2. The summed E-state index contributed by atoms with van der Waals surface area (Å²) in [4.78, 5) is 24.5. The smallest absolute Gasteiger partial charge is 0.408 e. The third-order valence-corrected chi connectivity index (χ3v) is 2.50. The monoisotopic (exact) mass is 244 g/mol. The molecule has 0 bridgehead atoms. The number of carbonyl (C=O) groups excluding carboxylic acids is 2. The lowest BCUT2D eigenvalue weighted by molar-refractivity contribution is -0.146. The summed E-state index contributed by atoms with van der Waals surface area (Å²) >= 11 is 0. The average molecular weight is 244 g/mol. The third kappa shape index (κ3) is 3.89. The van der Waals surface area contributed by atoms with Gasteiger partial charge in [0.15, 0.2) is 0 Å². The first-order valence-electron chi connectivity index (χ1n) is 5.65. The molecular formula is C11H20N2O4. The molecule has 0 radical (unpaired) electrons. The highest BCUT2D eigenvalue weighted by molar-refractivity contribution is 5.86. The minimum absolute atomic E-state index is 0.297. The molecule has 0 aromatic heterocycles. The van der Waals surface area contributed by atoms with Crippen molar-refractivity contribution in [1.82, 2.24) is 10.2 Å². The number of likely N-dealkylation sites (tertiary alicyclic amines) is 1. The van der Waals surface area contributed by atoms with Crippen LogP contribution in [0.5, 0.6) is 0 Å². The van der Waals surface area contributed by atoms with Gasteiger partial charge >= 0.3 is 6.09 Å². The Hall–Kier alpha value is -1.30. The van der Waals surface area contributed by atoms with Crippen molar-refractivity contribution in [2.24, 2.45) is 0 Å². The summed E-state index contributed by atoms with van der Waals surface area (Å²) in [5, 5.41) is 12.0. The molecule has 17 heavy (non-hydrogen) atoms. The van der Waals surface area contributed by atoms with E-state index in [1.807, 2.05) is 0 Å². The minimum atomic E-state index is -0.765. The molecule has 0 aliphatic carbocycles. The van der Waals surface area contributed by atoms with E-state index in [4.69, 9.17) is 4.74 Å². The lowest BCUT2D eigenvalue weighted by Gasteiger charge is -2.34. The van der Waals surface area contributed by atoms with Gasteiger partial charge < -0.3 is 20.1 Å². The van der Waals surface area contributed by atoms with Gasteiger partial charge in [0.05, 0.1) is 0 Å². The Labute approximate surface area is 101 Å². The SMILES string of the molecule is CN1C(=O)C(NC(=O)OC(C)(C)C)CCC1O. The van der Waals surface area contributed by atoms with Gasteiger partial charge in [0.25, 0.3) is 0 Å². The molecular weight excluding hydrogens is 224 g/mol. The molecule has 1 aliphatic heterocycles. The quantitative estimate of drug-likeness (QED) is 0.702. The van der Waals surface area contributed by atoms with E-state index in [-0.39, 0.29) is 5.91 Å². The largest absolute Gasteiger partial charge is 0.444 e. The van der Waals surface area contributed by atoms with Crippen molar-refractivity contribution in [3.63, 3.8) is 0 Å². The molecule has 0 saturated carbocycles. The second-order valence-corrected chi connectivity index (χ2v) is 5.21. The molecule has 6 nitrogen and oxygen atoms in total. The van der Waals surface area contributed by atoms with Crippen molar-refractivity contribution < 1.29 is 19.4 Å². The number of carbonyl (C=O) groups is 2. The second kappa shape index (κ2) is 4.91. The van der Waals surface area contributed by atoms with Crippen LogP contribution < -0.4 is 5.32 Å². The molecule has 6 heteroatoms. The second-order valence-electron chi connectivity index (χ2n) is 5.21. The Balaban J connectivity index is 2.52. The number of alkyl carbamates (subject to hydrolysis) is 1. The van der Waals surface area contributed by atoms with Crippen LogP contribution in [0, 0.1) is 0 Å². The summed E-state index contributed by atoms with van der Waals surface area (Å²) < 4.78 is 5.07. The van der Waals surface area contributed by atoms with Gasteiger partial charge in [-0.3, -0.25) is 4.79 Å². The van der Waals surface area contributed by atoms with Crippen LogP contribution in [0.1, 0.15) is 33.6 Å². The van der Waals surface area contributed by atoms with E-state index in [0.717, 1.165) is 0 Å². The number of rotatable bonds is 1. The normalized spacial score (nSPS) is 25.7. The molecule has 98 valence electrons. The maximum Gasteiger partial charge on any atom is 0.408 e. The Morgan fingerprint density at radius 1 is 1.47 bits per heavy atom. The first-order valence-corrected chi connectivity index (χ1v) is 5.65. The van der Waals surface area contributed by atoms with Crippen molar-refractivity contribution in [3.05, 3.63) is 0 Å².